The van der Waals surface area contributed by atoms with Crippen LogP contribution in [0.1, 0.15) is 26.4 Å². The van der Waals surface area contributed by atoms with Gasteiger partial charge in [-0.3, -0.25) is 19.3 Å². The summed E-state index contributed by atoms with van der Waals surface area (Å²) in [5.41, 5.74) is -0.874. The van der Waals surface area contributed by atoms with Crippen LogP contribution < -0.4 is 15.2 Å². The number of para-hydroxylation sites is 1. The maximum Gasteiger partial charge on any atom is 0.341 e. The molecule has 2 aliphatic rings. The Labute approximate surface area is 153 Å². The summed E-state index contributed by atoms with van der Waals surface area (Å²) < 4.78 is 7.06. The first kappa shape index (κ1) is 17.0. The van der Waals surface area contributed by atoms with Gasteiger partial charge in [0.2, 0.25) is 5.43 Å². The summed E-state index contributed by atoms with van der Waals surface area (Å²) in [5, 5.41) is 20.8. The van der Waals surface area contributed by atoms with Gasteiger partial charge in [-0.05, 0) is 11.6 Å². The van der Waals surface area contributed by atoms with Crippen LogP contribution in [-0.4, -0.2) is 58.0 Å². The summed E-state index contributed by atoms with van der Waals surface area (Å²) in [4.78, 5) is 37.6. The number of ether oxygens (including phenoxy) is 1. The molecule has 9 nitrogen and oxygen atoms in total. The maximum absolute atomic E-state index is 12.9. The molecule has 0 spiro atoms. The smallest absolute Gasteiger partial charge is 0.341 e. The molecule has 4 rings (SSSR count). The normalized spacial score (nSPS) is 18.1. The zero-order chi connectivity index (χ0) is 19.3. The fourth-order valence-corrected chi connectivity index (χ4v) is 3.48. The number of pyridine rings is 1. The predicted molar refractivity (Wildman–Crippen MR) is 93.9 cm³/mol. The van der Waals surface area contributed by atoms with Crippen LogP contribution >= 0.6 is 0 Å². The van der Waals surface area contributed by atoms with Crippen molar-refractivity contribution < 1.29 is 24.5 Å². The molecule has 0 radical (unpaired) electrons. The highest BCUT2D eigenvalue weighted by molar-refractivity contribution is 5.97. The number of carbonyl (C=O) groups excluding carboxylic acids is 1. The number of fused-ring (bicyclic) bond motifs is 2. The second-order valence-corrected chi connectivity index (χ2v) is 6.60. The summed E-state index contributed by atoms with van der Waals surface area (Å²) in [6.07, 6.45) is 1.47. The first-order chi connectivity index (χ1) is 12.9. The van der Waals surface area contributed by atoms with Crippen molar-refractivity contribution in [1.29, 1.82) is 0 Å². The second-order valence-electron chi connectivity index (χ2n) is 6.60. The van der Waals surface area contributed by atoms with E-state index in [4.69, 9.17) is 9.84 Å². The van der Waals surface area contributed by atoms with Crippen molar-refractivity contribution in [2.75, 3.05) is 25.3 Å². The summed E-state index contributed by atoms with van der Waals surface area (Å²) in [5.74, 6) is -2.11. The number of hydrogen-bond donors (Lipinski definition) is 2. The predicted octanol–water partition coefficient (Wildman–Crippen LogP) is 0.237. The minimum absolute atomic E-state index is 0.156. The van der Waals surface area contributed by atoms with E-state index >= 15 is 0 Å². The molecule has 2 aromatic rings. The fourth-order valence-electron chi connectivity index (χ4n) is 3.48. The number of rotatable bonds is 3. The van der Waals surface area contributed by atoms with Gasteiger partial charge in [-0.2, -0.15) is 0 Å². The van der Waals surface area contributed by atoms with E-state index in [-0.39, 0.29) is 25.0 Å². The number of aromatic carboxylic acids is 1. The molecular weight excluding hydrogens is 354 g/mol. The van der Waals surface area contributed by atoms with Gasteiger partial charge in [0.05, 0.1) is 6.54 Å². The quantitative estimate of drug-likeness (QED) is 0.795. The van der Waals surface area contributed by atoms with Gasteiger partial charge >= 0.3 is 5.97 Å². The van der Waals surface area contributed by atoms with Crippen LogP contribution in [0.5, 0.6) is 11.5 Å². The number of carboxylic acids is 1. The van der Waals surface area contributed by atoms with E-state index in [1.807, 2.05) is 24.3 Å². The molecule has 0 aliphatic carbocycles. The van der Waals surface area contributed by atoms with Crippen LogP contribution in [0.3, 0.4) is 0 Å². The maximum atomic E-state index is 12.9. The van der Waals surface area contributed by atoms with Gasteiger partial charge in [-0.1, -0.05) is 18.2 Å². The standard InChI is InChI=1S/C18H17N3O6/c1-19-9-20(7-11-6-10-4-2-3-5-13(10)27-11)17(24)14-16(23)15(22)12(18(25)26)8-21(14)19/h2-5,8,11,23H,6-7,9H2,1H3,(H,25,26). The zero-order valence-electron chi connectivity index (χ0n) is 14.5. The van der Waals surface area contributed by atoms with Crippen molar-refractivity contribution in [2.24, 2.45) is 0 Å². The SMILES string of the molecule is CN1CN(CC2Cc3ccccc3O2)C(=O)c2c(O)c(=O)c(C(=O)O)cn21. The molecular formula is C18H17N3O6. The molecule has 0 saturated carbocycles. The van der Waals surface area contributed by atoms with Gasteiger partial charge in [0.1, 0.15) is 24.1 Å². The molecule has 140 valence electrons. The highest BCUT2D eigenvalue weighted by Gasteiger charge is 2.35. The van der Waals surface area contributed by atoms with Crippen LogP contribution in [0.2, 0.25) is 0 Å². The molecule has 1 amide bonds. The number of aromatic nitrogens is 1. The average molecular weight is 371 g/mol. The molecule has 3 heterocycles. The number of carbonyl (C=O) groups is 2. The van der Waals surface area contributed by atoms with Crippen molar-refractivity contribution >= 4 is 11.9 Å². The van der Waals surface area contributed by atoms with E-state index in [1.54, 1.807) is 12.1 Å². The molecule has 27 heavy (non-hydrogen) atoms. The molecule has 0 saturated heterocycles. The lowest BCUT2D eigenvalue weighted by atomic mass is 10.1. The third-order valence-corrected chi connectivity index (χ3v) is 4.77. The number of carboxylic acid groups (broad SMARTS) is 1. The highest BCUT2D eigenvalue weighted by Crippen LogP contribution is 2.29. The van der Waals surface area contributed by atoms with Gasteiger partial charge in [0.25, 0.3) is 5.91 Å². The zero-order valence-corrected chi connectivity index (χ0v) is 14.5. The Balaban J connectivity index is 1.63. The number of hydrogen-bond acceptors (Lipinski definition) is 6. The van der Waals surface area contributed by atoms with Crippen LogP contribution in [0.25, 0.3) is 0 Å². The minimum Gasteiger partial charge on any atom is -0.502 e. The average Bonchev–Trinajstić information content (AvgIpc) is 3.03. The molecule has 1 unspecified atom stereocenters. The molecule has 0 fully saturated rings. The van der Waals surface area contributed by atoms with E-state index in [0.717, 1.165) is 17.5 Å². The lowest BCUT2D eigenvalue weighted by Crippen LogP contribution is -2.54. The van der Waals surface area contributed by atoms with E-state index in [1.165, 1.54) is 9.58 Å². The van der Waals surface area contributed by atoms with Gasteiger partial charge in [-0.25, -0.2) is 4.79 Å². The van der Waals surface area contributed by atoms with E-state index in [0.29, 0.717) is 6.42 Å². The number of nitrogens with zero attached hydrogens (tertiary/aromatic N) is 3. The van der Waals surface area contributed by atoms with E-state index in [2.05, 4.69) is 0 Å². The Bertz CT molecular complexity index is 990. The summed E-state index contributed by atoms with van der Waals surface area (Å²) in [6.45, 7) is 0.426. The Morgan fingerprint density at radius 1 is 1.30 bits per heavy atom. The highest BCUT2D eigenvalue weighted by atomic mass is 16.5. The largest absolute Gasteiger partial charge is 0.502 e. The van der Waals surface area contributed by atoms with Crippen molar-refractivity contribution in [2.45, 2.75) is 12.5 Å². The van der Waals surface area contributed by atoms with Crippen LogP contribution in [-0.2, 0) is 6.42 Å². The van der Waals surface area contributed by atoms with Gasteiger partial charge < -0.3 is 19.8 Å². The first-order valence-corrected chi connectivity index (χ1v) is 8.34. The second kappa shape index (κ2) is 6.04. The third-order valence-electron chi connectivity index (χ3n) is 4.77. The van der Waals surface area contributed by atoms with Crippen molar-refractivity contribution in [3.05, 3.63) is 57.5 Å². The molecule has 1 atom stereocenters. The number of amides is 1. The molecule has 1 aromatic heterocycles. The van der Waals surface area contributed by atoms with Crippen LogP contribution in [0.4, 0.5) is 0 Å². The van der Waals surface area contributed by atoms with Crippen molar-refractivity contribution in [3.8, 4) is 11.5 Å². The Morgan fingerprint density at radius 2 is 2.04 bits per heavy atom. The molecule has 1 aromatic carbocycles. The minimum atomic E-state index is -1.47. The van der Waals surface area contributed by atoms with Gasteiger partial charge in [0, 0.05) is 19.7 Å². The van der Waals surface area contributed by atoms with Crippen LogP contribution in [0, 0.1) is 0 Å². The third kappa shape index (κ3) is 2.67. The topological polar surface area (TPSA) is 112 Å². The Kier molecular flexibility index (Phi) is 3.79. The molecule has 2 N–H and O–H groups in total. The molecule has 0 bridgehead atoms. The van der Waals surface area contributed by atoms with Gasteiger partial charge in [0.15, 0.2) is 11.4 Å². The Morgan fingerprint density at radius 3 is 2.74 bits per heavy atom. The first-order valence-electron chi connectivity index (χ1n) is 8.34. The van der Waals surface area contributed by atoms with E-state index in [9.17, 15) is 19.5 Å². The summed E-state index contributed by atoms with van der Waals surface area (Å²) in [7, 11) is 1.63. The number of benzene rings is 1. The van der Waals surface area contributed by atoms with Gasteiger partial charge in [-0.15, -0.1) is 0 Å². The summed E-state index contributed by atoms with van der Waals surface area (Å²) >= 11 is 0. The summed E-state index contributed by atoms with van der Waals surface area (Å²) in [6, 6.07) is 7.63. The lowest BCUT2D eigenvalue weighted by Gasteiger charge is -2.38. The fraction of sp³-hybridized carbons (Fsp3) is 0.278. The molecule has 9 heteroatoms. The monoisotopic (exact) mass is 371 g/mol. The Hall–Kier alpha value is -3.49. The number of aromatic hydroxyl groups is 1. The lowest BCUT2D eigenvalue weighted by molar-refractivity contribution is 0.0605. The van der Waals surface area contributed by atoms with Crippen molar-refractivity contribution in [1.82, 2.24) is 9.58 Å². The van der Waals surface area contributed by atoms with Crippen molar-refractivity contribution in [3.63, 3.8) is 0 Å². The molecule has 2 aliphatic heterocycles. The van der Waals surface area contributed by atoms with Crippen LogP contribution in [0.15, 0.2) is 35.3 Å². The van der Waals surface area contributed by atoms with E-state index < -0.39 is 28.6 Å².